The average molecular weight is 667 g/mol. The van der Waals surface area contributed by atoms with Gasteiger partial charge in [-0.2, -0.15) is 0 Å². The number of hydrogen-bond acceptors (Lipinski definition) is 7. The maximum atomic E-state index is 14.2. The average Bonchev–Trinajstić information content (AvgIpc) is 3.50. The summed E-state index contributed by atoms with van der Waals surface area (Å²) >= 11 is 0. The lowest BCUT2D eigenvalue weighted by molar-refractivity contribution is -0.139. The van der Waals surface area contributed by atoms with Crippen LogP contribution >= 0.6 is 0 Å². The smallest absolute Gasteiger partial charge is 0.408 e. The Morgan fingerprint density at radius 2 is 1.62 bits per heavy atom. The molecule has 0 spiro atoms. The van der Waals surface area contributed by atoms with Crippen molar-refractivity contribution in [2.24, 2.45) is 11.8 Å². The second-order valence-corrected chi connectivity index (χ2v) is 14.4. The summed E-state index contributed by atoms with van der Waals surface area (Å²) in [6, 6.07) is 6.49. The zero-order valence-corrected chi connectivity index (χ0v) is 28.9. The Morgan fingerprint density at radius 3 is 2.29 bits per heavy atom. The molecule has 2 aromatic rings. The van der Waals surface area contributed by atoms with Gasteiger partial charge in [-0.25, -0.2) is 9.78 Å². The third-order valence-corrected chi connectivity index (χ3v) is 9.32. The van der Waals surface area contributed by atoms with Crippen molar-refractivity contribution < 1.29 is 29.0 Å². The van der Waals surface area contributed by atoms with E-state index >= 15 is 0 Å². The number of aromatic amines is 1. The monoisotopic (exact) mass is 666 g/mol. The summed E-state index contributed by atoms with van der Waals surface area (Å²) in [5.41, 5.74) is 0.667. The van der Waals surface area contributed by atoms with Crippen molar-refractivity contribution in [1.82, 2.24) is 30.8 Å². The molecule has 0 radical (unpaired) electrons. The van der Waals surface area contributed by atoms with Gasteiger partial charge in [0.15, 0.2) is 0 Å². The molecule has 1 saturated heterocycles. The second-order valence-electron chi connectivity index (χ2n) is 14.4. The number of carbonyl (C=O) groups is 4. The molecule has 1 aliphatic carbocycles. The molecule has 0 bridgehead atoms. The van der Waals surface area contributed by atoms with E-state index in [1.54, 1.807) is 38.9 Å². The number of amides is 4. The van der Waals surface area contributed by atoms with Crippen LogP contribution in [0.4, 0.5) is 4.79 Å². The van der Waals surface area contributed by atoms with Crippen molar-refractivity contribution in [3.63, 3.8) is 0 Å². The number of benzene rings is 1. The van der Waals surface area contributed by atoms with Crippen LogP contribution in [0.1, 0.15) is 89.8 Å². The predicted octanol–water partition coefficient (Wildman–Crippen LogP) is 3.65. The highest BCUT2D eigenvalue weighted by Crippen LogP contribution is 2.31. The van der Waals surface area contributed by atoms with Gasteiger partial charge in [-0.05, 0) is 51.5 Å². The molecule has 2 fully saturated rings. The SMILES string of the molecule is CN1CCCC[C@@H]([C@H](O)[C@@H](CC2CCCCC2)NC(=O)[C@H](Cc2cnc[nH]2)NC(=O)[C@H](Cc2ccccc2)NC(=O)OC(C)(C)C)C1=O. The molecule has 264 valence electrons. The highest BCUT2D eigenvalue weighted by atomic mass is 16.6. The molecule has 1 saturated carbocycles. The van der Waals surface area contributed by atoms with Crippen molar-refractivity contribution >= 4 is 23.8 Å². The third kappa shape index (κ3) is 11.4. The number of imidazole rings is 1. The number of aliphatic hydroxyl groups excluding tert-OH is 1. The molecular formula is C36H54N6O6. The van der Waals surface area contributed by atoms with Crippen LogP contribution in [0.3, 0.4) is 0 Å². The Labute approximate surface area is 284 Å². The molecule has 1 aromatic heterocycles. The molecule has 2 heterocycles. The van der Waals surface area contributed by atoms with Gasteiger partial charge >= 0.3 is 6.09 Å². The number of likely N-dealkylation sites (tertiary alicyclic amines) is 1. The Hall–Kier alpha value is -3.93. The zero-order chi connectivity index (χ0) is 34.7. The van der Waals surface area contributed by atoms with E-state index < -0.39 is 53.7 Å². The molecular weight excluding hydrogens is 612 g/mol. The first kappa shape index (κ1) is 36.9. The fourth-order valence-corrected chi connectivity index (χ4v) is 6.78. The predicted molar refractivity (Wildman–Crippen MR) is 182 cm³/mol. The van der Waals surface area contributed by atoms with Crippen LogP contribution in [0, 0.1) is 11.8 Å². The largest absolute Gasteiger partial charge is 0.444 e. The lowest BCUT2D eigenvalue weighted by Crippen LogP contribution is -2.58. The molecule has 4 amide bonds. The van der Waals surface area contributed by atoms with Gasteiger partial charge in [0, 0.05) is 38.3 Å². The number of ether oxygens (including phenoxy) is 1. The number of alkyl carbamates (subject to hydrolysis) is 1. The van der Waals surface area contributed by atoms with Gasteiger partial charge in [-0.15, -0.1) is 0 Å². The van der Waals surface area contributed by atoms with Crippen molar-refractivity contribution in [2.75, 3.05) is 13.6 Å². The van der Waals surface area contributed by atoms with Crippen molar-refractivity contribution in [3.05, 3.63) is 54.1 Å². The summed E-state index contributed by atoms with van der Waals surface area (Å²) in [4.78, 5) is 62.9. The standard InChI is InChI=1S/C36H54N6O6/c1-36(2,3)48-35(47)41-29(20-25-15-9-6-10-16-25)32(44)40-30(21-26-22-37-23-38-26)33(45)39-28(19-24-13-7-5-8-14-24)31(43)27-17-11-12-18-42(4)34(27)46/h6,9-10,15-16,22-24,27-31,43H,5,7-8,11-14,17-21H2,1-4H3,(H,37,38)(H,39,45)(H,40,44)(H,41,47)/t27-,28+,29-,30-,31-/m0/s1. The van der Waals surface area contributed by atoms with E-state index in [0.717, 1.165) is 44.1 Å². The fraction of sp³-hybridized carbons (Fsp3) is 0.639. The first-order chi connectivity index (χ1) is 22.9. The van der Waals surface area contributed by atoms with Crippen LogP contribution < -0.4 is 16.0 Å². The van der Waals surface area contributed by atoms with E-state index in [0.29, 0.717) is 31.0 Å². The Morgan fingerprint density at radius 1 is 0.958 bits per heavy atom. The molecule has 4 rings (SSSR count). The molecule has 12 heteroatoms. The normalized spacial score (nSPS) is 20.1. The zero-order valence-electron chi connectivity index (χ0n) is 28.9. The van der Waals surface area contributed by atoms with Gasteiger partial charge in [-0.3, -0.25) is 14.4 Å². The van der Waals surface area contributed by atoms with Gasteiger partial charge in [0.2, 0.25) is 17.7 Å². The van der Waals surface area contributed by atoms with E-state index in [9.17, 15) is 24.3 Å². The number of nitrogens with zero attached hydrogens (tertiary/aromatic N) is 2. The van der Waals surface area contributed by atoms with Crippen molar-refractivity contribution in [3.8, 4) is 0 Å². The third-order valence-electron chi connectivity index (χ3n) is 9.32. The minimum Gasteiger partial charge on any atom is -0.444 e. The van der Waals surface area contributed by atoms with Gasteiger partial charge < -0.3 is 35.7 Å². The number of hydrogen-bond donors (Lipinski definition) is 5. The summed E-state index contributed by atoms with van der Waals surface area (Å²) in [6.07, 6.45) is 9.66. The molecule has 2 aliphatic rings. The van der Waals surface area contributed by atoms with E-state index in [-0.39, 0.29) is 18.7 Å². The minimum absolute atomic E-state index is 0.0966. The van der Waals surface area contributed by atoms with E-state index in [1.165, 1.54) is 12.7 Å². The minimum atomic E-state index is -1.08. The second kappa shape index (κ2) is 17.5. The van der Waals surface area contributed by atoms with Crippen LogP contribution in [0.2, 0.25) is 0 Å². The molecule has 5 atom stereocenters. The number of H-pyrrole nitrogens is 1. The lowest BCUT2D eigenvalue weighted by atomic mass is 9.80. The first-order valence-electron chi connectivity index (χ1n) is 17.4. The van der Waals surface area contributed by atoms with Crippen LogP contribution in [0.5, 0.6) is 0 Å². The van der Waals surface area contributed by atoms with E-state index in [2.05, 4.69) is 25.9 Å². The van der Waals surface area contributed by atoms with Crippen LogP contribution in [0.15, 0.2) is 42.9 Å². The van der Waals surface area contributed by atoms with Crippen LogP contribution in [-0.4, -0.2) is 87.2 Å². The van der Waals surface area contributed by atoms with Gasteiger partial charge in [0.25, 0.3) is 0 Å². The fourth-order valence-electron chi connectivity index (χ4n) is 6.78. The van der Waals surface area contributed by atoms with Crippen LogP contribution in [-0.2, 0) is 32.0 Å². The first-order valence-corrected chi connectivity index (χ1v) is 17.4. The highest BCUT2D eigenvalue weighted by Gasteiger charge is 2.39. The Bertz CT molecular complexity index is 1320. The number of aromatic nitrogens is 2. The summed E-state index contributed by atoms with van der Waals surface area (Å²) in [6.45, 7) is 5.86. The number of aliphatic hydroxyl groups is 1. The number of rotatable bonds is 13. The van der Waals surface area contributed by atoms with Crippen molar-refractivity contribution in [2.45, 2.75) is 121 Å². The molecule has 48 heavy (non-hydrogen) atoms. The number of carbonyl (C=O) groups excluding carboxylic acids is 4. The summed E-state index contributed by atoms with van der Waals surface area (Å²) in [5, 5.41) is 20.4. The van der Waals surface area contributed by atoms with E-state index in [1.807, 2.05) is 30.3 Å². The Kier molecular flexibility index (Phi) is 13.4. The maximum Gasteiger partial charge on any atom is 0.408 e. The van der Waals surface area contributed by atoms with Gasteiger partial charge in [-0.1, -0.05) is 68.9 Å². The highest BCUT2D eigenvalue weighted by molar-refractivity contribution is 5.92. The quantitative estimate of drug-likeness (QED) is 0.218. The maximum absolute atomic E-state index is 14.2. The molecule has 12 nitrogen and oxygen atoms in total. The molecule has 1 aromatic carbocycles. The summed E-state index contributed by atoms with van der Waals surface area (Å²) in [7, 11) is 1.76. The molecule has 5 N–H and O–H groups in total. The van der Waals surface area contributed by atoms with E-state index in [4.69, 9.17) is 4.74 Å². The molecule has 0 unspecified atom stereocenters. The summed E-state index contributed by atoms with van der Waals surface area (Å²) in [5.74, 6) is -1.47. The van der Waals surface area contributed by atoms with Gasteiger partial charge in [0.05, 0.1) is 24.4 Å². The Balaban J connectivity index is 1.57. The lowest BCUT2D eigenvalue weighted by Gasteiger charge is -2.35. The molecule has 1 aliphatic heterocycles. The van der Waals surface area contributed by atoms with Gasteiger partial charge in [0.1, 0.15) is 17.7 Å². The topological polar surface area (TPSA) is 166 Å². The summed E-state index contributed by atoms with van der Waals surface area (Å²) < 4.78 is 5.45. The van der Waals surface area contributed by atoms with Crippen molar-refractivity contribution in [1.29, 1.82) is 0 Å². The number of nitrogens with one attached hydrogen (secondary N) is 4. The van der Waals surface area contributed by atoms with Crippen LogP contribution in [0.25, 0.3) is 0 Å².